The van der Waals surface area contributed by atoms with Gasteiger partial charge in [-0.1, -0.05) is 0 Å². The first-order chi connectivity index (χ1) is 14.5. The maximum atomic E-state index is 11.9. The SMILES string of the molecule is CC1CCc2c(ccc(/C(C=N)=C/NC3CC3)c2Oc2ncccc2C(N)=O)N1C. The van der Waals surface area contributed by atoms with Crippen LogP contribution in [0.15, 0.2) is 36.7 Å². The number of benzene rings is 1. The molecule has 1 aliphatic carbocycles. The Bertz CT molecular complexity index is 1010. The maximum Gasteiger partial charge on any atom is 0.254 e. The van der Waals surface area contributed by atoms with Crippen LogP contribution in [0.1, 0.15) is 47.7 Å². The average Bonchev–Trinajstić information content (AvgIpc) is 3.57. The highest BCUT2D eigenvalue weighted by Crippen LogP contribution is 2.42. The van der Waals surface area contributed by atoms with Gasteiger partial charge >= 0.3 is 0 Å². The second-order valence-corrected chi connectivity index (χ2v) is 7.95. The zero-order valence-corrected chi connectivity index (χ0v) is 17.3. The van der Waals surface area contributed by atoms with Crippen LogP contribution in [0, 0.1) is 5.41 Å². The number of primary amides is 1. The molecule has 2 aromatic rings. The summed E-state index contributed by atoms with van der Waals surface area (Å²) in [6, 6.07) is 8.21. The minimum atomic E-state index is -0.589. The van der Waals surface area contributed by atoms with E-state index < -0.39 is 5.91 Å². The van der Waals surface area contributed by atoms with Crippen molar-refractivity contribution < 1.29 is 9.53 Å². The first-order valence-electron chi connectivity index (χ1n) is 10.3. The van der Waals surface area contributed by atoms with Crippen LogP contribution in [0.2, 0.25) is 0 Å². The van der Waals surface area contributed by atoms with Gasteiger partial charge in [0.15, 0.2) is 0 Å². The van der Waals surface area contributed by atoms with Gasteiger partial charge < -0.3 is 26.1 Å². The number of pyridine rings is 1. The second kappa shape index (κ2) is 8.18. The van der Waals surface area contributed by atoms with Gasteiger partial charge in [0.2, 0.25) is 5.88 Å². The molecule has 0 bridgehead atoms. The van der Waals surface area contributed by atoms with E-state index in [2.05, 4.69) is 35.2 Å². The van der Waals surface area contributed by atoms with Crippen molar-refractivity contribution in [2.24, 2.45) is 5.73 Å². The first-order valence-corrected chi connectivity index (χ1v) is 10.3. The monoisotopic (exact) mass is 405 g/mol. The lowest BCUT2D eigenvalue weighted by Gasteiger charge is -2.35. The predicted molar refractivity (Wildman–Crippen MR) is 118 cm³/mol. The van der Waals surface area contributed by atoms with Gasteiger partial charge in [-0.25, -0.2) is 4.98 Å². The molecule has 30 heavy (non-hydrogen) atoms. The summed E-state index contributed by atoms with van der Waals surface area (Å²) in [6.07, 6.45) is 8.89. The smallest absolute Gasteiger partial charge is 0.254 e. The van der Waals surface area contributed by atoms with Crippen molar-refractivity contribution in [2.75, 3.05) is 11.9 Å². The average molecular weight is 406 g/mol. The van der Waals surface area contributed by atoms with E-state index in [1.807, 2.05) is 12.3 Å². The summed E-state index contributed by atoms with van der Waals surface area (Å²) in [4.78, 5) is 18.4. The Morgan fingerprint density at radius 2 is 2.10 bits per heavy atom. The molecule has 7 heteroatoms. The Hall–Kier alpha value is -3.35. The molecule has 1 unspecified atom stereocenters. The Kier molecular flexibility index (Phi) is 5.44. The van der Waals surface area contributed by atoms with Crippen LogP contribution < -0.4 is 20.7 Å². The van der Waals surface area contributed by atoms with Crippen molar-refractivity contribution in [1.82, 2.24) is 10.3 Å². The number of allylic oxidation sites excluding steroid dienone is 1. The number of nitrogens with zero attached hydrogens (tertiary/aromatic N) is 2. The summed E-state index contributed by atoms with van der Waals surface area (Å²) in [7, 11) is 2.07. The first kappa shape index (κ1) is 19.9. The number of hydrogen-bond donors (Lipinski definition) is 3. The molecule has 1 aromatic carbocycles. The van der Waals surface area contributed by atoms with Gasteiger partial charge in [0.05, 0.1) is 0 Å². The molecule has 4 rings (SSSR count). The number of ether oxygens (including phenoxy) is 1. The van der Waals surface area contributed by atoms with Crippen molar-refractivity contribution in [3.63, 3.8) is 0 Å². The number of nitrogens with one attached hydrogen (secondary N) is 2. The van der Waals surface area contributed by atoms with Crippen LogP contribution in [-0.2, 0) is 6.42 Å². The number of carbonyl (C=O) groups is 1. The van der Waals surface area contributed by atoms with Crippen molar-refractivity contribution in [3.05, 3.63) is 53.4 Å². The second-order valence-electron chi connectivity index (χ2n) is 7.95. The Morgan fingerprint density at radius 1 is 1.30 bits per heavy atom. The van der Waals surface area contributed by atoms with Crippen LogP contribution in [0.4, 0.5) is 5.69 Å². The van der Waals surface area contributed by atoms with Gasteiger partial charge in [0.1, 0.15) is 11.3 Å². The molecule has 4 N–H and O–H groups in total. The quantitative estimate of drug-likeness (QED) is 0.612. The molecule has 1 atom stereocenters. The number of nitrogens with two attached hydrogens (primary N) is 1. The Labute approximate surface area is 176 Å². The summed E-state index contributed by atoms with van der Waals surface area (Å²) in [6.45, 7) is 2.20. The number of hydrogen-bond acceptors (Lipinski definition) is 6. The lowest BCUT2D eigenvalue weighted by atomic mass is 9.92. The van der Waals surface area contributed by atoms with Crippen LogP contribution in [0.3, 0.4) is 0 Å². The minimum Gasteiger partial charge on any atom is -0.437 e. The van der Waals surface area contributed by atoms with Gasteiger partial charge in [0, 0.05) is 60.1 Å². The molecule has 1 fully saturated rings. The lowest BCUT2D eigenvalue weighted by Crippen LogP contribution is -2.33. The molecular formula is C23H27N5O2. The summed E-state index contributed by atoms with van der Waals surface area (Å²) in [5.74, 6) is 0.216. The van der Waals surface area contributed by atoms with Crippen molar-refractivity contribution in [1.29, 1.82) is 5.41 Å². The molecule has 156 valence electrons. The summed E-state index contributed by atoms with van der Waals surface area (Å²) in [5, 5.41) is 11.3. The van der Waals surface area contributed by atoms with Crippen LogP contribution in [-0.4, -0.2) is 36.2 Å². The highest BCUT2D eigenvalue weighted by Gasteiger charge is 2.27. The number of amides is 1. The maximum absolute atomic E-state index is 11.9. The Balaban J connectivity index is 1.84. The van der Waals surface area contributed by atoms with Gasteiger partial charge in [-0.05, 0) is 56.9 Å². The molecule has 1 amide bonds. The van der Waals surface area contributed by atoms with E-state index in [9.17, 15) is 4.79 Å². The minimum absolute atomic E-state index is 0.181. The largest absolute Gasteiger partial charge is 0.437 e. The number of anilines is 1. The van der Waals surface area contributed by atoms with E-state index in [1.165, 1.54) is 6.21 Å². The molecule has 1 saturated carbocycles. The highest BCUT2D eigenvalue weighted by atomic mass is 16.5. The zero-order chi connectivity index (χ0) is 21.3. The fourth-order valence-electron chi connectivity index (χ4n) is 3.73. The normalized spacial score (nSPS) is 18.5. The van der Waals surface area contributed by atoms with Crippen LogP contribution >= 0.6 is 0 Å². The van der Waals surface area contributed by atoms with E-state index in [0.717, 1.165) is 48.1 Å². The molecule has 2 aliphatic rings. The molecule has 7 nitrogen and oxygen atoms in total. The fraction of sp³-hybridized carbons (Fsp3) is 0.348. The molecule has 0 radical (unpaired) electrons. The van der Waals surface area contributed by atoms with Gasteiger partial charge in [-0.15, -0.1) is 0 Å². The van der Waals surface area contributed by atoms with Gasteiger partial charge in [-0.2, -0.15) is 0 Å². The standard InChI is InChI=1S/C23H27N5O2/c1-14-5-8-18-20(28(14)2)10-9-17(15(12-24)13-27-16-6-7-16)21(18)30-23-19(22(25)29)4-3-11-26-23/h3-4,9-14,16,24,27H,5-8H2,1-2H3,(H2,25,29)/b15-13+,24-12?. The fourth-order valence-corrected chi connectivity index (χ4v) is 3.73. The topological polar surface area (TPSA) is 104 Å². The van der Waals surface area contributed by atoms with Crippen LogP contribution in [0.25, 0.3) is 5.57 Å². The molecule has 2 heterocycles. The molecule has 0 saturated heterocycles. The van der Waals surface area contributed by atoms with E-state index in [1.54, 1.807) is 18.3 Å². The third-order valence-electron chi connectivity index (χ3n) is 5.84. The predicted octanol–water partition coefficient (Wildman–Crippen LogP) is 3.49. The van der Waals surface area contributed by atoms with E-state index in [4.69, 9.17) is 15.9 Å². The lowest BCUT2D eigenvalue weighted by molar-refractivity contribution is 0.0997. The molecule has 1 aliphatic heterocycles. The van der Waals surface area contributed by atoms with Gasteiger partial charge in [-0.3, -0.25) is 4.79 Å². The highest BCUT2D eigenvalue weighted by molar-refractivity contribution is 6.09. The van der Waals surface area contributed by atoms with Crippen molar-refractivity contribution in [3.8, 4) is 11.6 Å². The molecular weight excluding hydrogens is 378 g/mol. The van der Waals surface area contributed by atoms with E-state index >= 15 is 0 Å². The van der Waals surface area contributed by atoms with Crippen molar-refractivity contribution in [2.45, 2.75) is 44.7 Å². The summed E-state index contributed by atoms with van der Waals surface area (Å²) < 4.78 is 6.28. The van der Waals surface area contributed by atoms with E-state index in [-0.39, 0.29) is 11.4 Å². The summed E-state index contributed by atoms with van der Waals surface area (Å²) >= 11 is 0. The number of carbonyl (C=O) groups excluding carboxylic acids is 1. The zero-order valence-electron chi connectivity index (χ0n) is 17.3. The van der Waals surface area contributed by atoms with E-state index in [0.29, 0.717) is 17.8 Å². The van der Waals surface area contributed by atoms with Crippen LogP contribution in [0.5, 0.6) is 11.6 Å². The third kappa shape index (κ3) is 3.87. The molecule has 1 aromatic heterocycles. The third-order valence-corrected chi connectivity index (χ3v) is 5.84. The number of aromatic nitrogens is 1. The van der Waals surface area contributed by atoms with Crippen molar-refractivity contribution >= 4 is 23.4 Å². The summed E-state index contributed by atoms with van der Waals surface area (Å²) in [5.41, 5.74) is 9.41. The number of rotatable bonds is 7. The Morgan fingerprint density at radius 3 is 2.80 bits per heavy atom. The molecule has 0 spiro atoms. The van der Waals surface area contributed by atoms with Gasteiger partial charge in [0.25, 0.3) is 5.91 Å². The number of fused-ring (bicyclic) bond motifs is 1.